The van der Waals surface area contributed by atoms with E-state index in [0.717, 1.165) is 12.5 Å². The highest BCUT2D eigenvalue weighted by Gasteiger charge is 2.37. The van der Waals surface area contributed by atoms with E-state index >= 15 is 0 Å². The van der Waals surface area contributed by atoms with Crippen LogP contribution in [-0.4, -0.2) is 13.1 Å². The Kier molecular flexibility index (Phi) is 5.50. The van der Waals surface area contributed by atoms with Gasteiger partial charge in [0.1, 0.15) is 0 Å². The van der Waals surface area contributed by atoms with Crippen LogP contribution >= 0.6 is 0 Å². The zero-order valence-electron chi connectivity index (χ0n) is 12.7. The zero-order chi connectivity index (χ0) is 12.9. The molecule has 1 nitrogen and oxygen atoms in total. The normalized spacial score (nSPS) is 30.5. The molecule has 1 aliphatic rings. The van der Waals surface area contributed by atoms with E-state index < -0.39 is 0 Å². The molecule has 0 unspecified atom stereocenters. The molecule has 1 saturated carbocycles. The Labute approximate surface area is 109 Å². The highest BCUT2D eigenvalue weighted by molar-refractivity contribution is 4.90. The molecule has 1 heteroatoms. The second kappa shape index (κ2) is 6.22. The summed E-state index contributed by atoms with van der Waals surface area (Å²) >= 11 is 0. The SMILES string of the molecule is CCCC1(CNCC)CCC(C(C)(C)C)CC1. The van der Waals surface area contributed by atoms with Gasteiger partial charge in [0, 0.05) is 6.54 Å². The van der Waals surface area contributed by atoms with Crippen molar-refractivity contribution >= 4 is 0 Å². The summed E-state index contributed by atoms with van der Waals surface area (Å²) in [4.78, 5) is 0. The Morgan fingerprint density at radius 1 is 1.12 bits per heavy atom. The first-order valence-corrected chi connectivity index (χ1v) is 7.64. The molecule has 0 amide bonds. The molecule has 0 saturated heterocycles. The number of nitrogens with one attached hydrogen (secondary N) is 1. The molecular weight excluding hydrogens is 206 g/mol. The minimum Gasteiger partial charge on any atom is -0.316 e. The Morgan fingerprint density at radius 3 is 2.12 bits per heavy atom. The Bertz CT molecular complexity index is 206. The Hall–Kier alpha value is -0.0400. The van der Waals surface area contributed by atoms with Gasteiger partial charge in [0.05, 0.1) is 0 Å². The van der Waals surface area contributed by atoms with Gasteiger partial charge in [-0.3, -0.25) is 0 Å². The predicted molar refractivity (Wildman–Crippen MR) is 77.3 cm³/mol. The molecule has 0 aromatic rings. The number of rotatable bonds is 5. The van der Waals surface area contributed by atoms with E-state index in [1.807, 2.05) is 0 Å². The molecule has 1 fully saturated rings. The van der Waals surface area contributed by atoms with Gasteiger partial charge in [0.25, 0.3) is 0 Å². The van der Waals surface area contributed by atoms with Crippen LogP contribution in [0.2, 0.25) is 0 Å². The third-order valence-electron chi connectivity index (χ3n) is 4.80. The van der Waals surface area contributed by atoms with E-state index in [0.29, 0.717) is 10.8 Å². The van der Waals surface area contributed by atoms with Gasteiger partial charge < -0.3 is 5.32 Å². The van der Waals surface area contributed by atoms with Crippen LogP contribution in [0.1, 0.15) is 73.1 Å². The Balaban J connectivity index is 2.54. The smallest absolute Gasteiger partial charge is 0.000769 e. The molecule has 102 valence electrons. The predicted octanol–water partition coefficient (Wildman–Crippen LogP) is 4.62. The van der Waals surface area contributed by atoms with Crippen LogP contribution in [0.5, 0.6) is 0 Å². The summed E-state index contributed by atoms with van der Waals surface area (Å²) in [6.07, 6.45) is 8.51. The minimum atomic E-state index is 0.510. The van der Waals surface area contributed by atoms with Crippen molar-refractivity contribution in [2.45, 2.75) is 73.1 Å². The van der Waals surface area contributed by atoms with Crippen molar-refractivity contribution in [1.82, 2.24) is 5.32 Å². The van der Waals surface area contributed by atoms with Crippen LogP contribution in [0, 0.1) is 16.7 Å². The van der Waals surface area contributed by atoms with E-state index in [1.54, 1.807) is 0 Å². The molecule has 1 rings (SSSR count). The van der Waals surface area contributed by atoms with Crippen molar-refractivity contribution in [3.63, 3.8) is 0 Å². The van der Waals surface area contributed by atoms with Crippen LogP contribution in [0.25, 0.3) is 0 Å². The quantitative estimate of drug-likeness (QED) is 0.738. The second-order valence-electron chi connectivity index (χ2n) is 7.17. The second-order valence-corrected chi connectivity index (χ2v) is 7.17. The minimum absolute atomic E-state index is 0.510. The molecule has 0 bridgehead atoms. The molecule has 0 aromatic carbocycles. The van der Waals surface area contributed by atoms with Crippen LogP contribution < -0.4 is 5.32 Å². The van der Waals surface area contributed by atoms with Gasteiger partial charge in [-0.1, -0.05) is 41.0 Å². The lowest BCUT2D eigenvalue weighted by Crippen LogP contribution is -2.39. The van der Waals surface area contributed by atoms with Crippen molar-refractivity contribution in [1.29, 1.82) is 0 Å². The van der Waals surface area contributed by atoms with E-state index in [9.17, 15) is 0 Å². The average molecular weight is 239 g/mol. The van der Waals surface area contributed by atoms with Crippen LogP contribution in [0.4, 0.5) is 0 Å². The molecule has 0 aliphatic heterocycles. The summed E-state index contributed by atoms with van der Waals surface area (Å²) in [6, 6.07) is 0. The maximum absolute atomic E-state index is 3.60. The van der Waals surface area contributed by atoms with E-state index in [4.69, 9.17) is 0 Å². The summed E-state index contributed by atoms with van der Waals surface area (Å²) in [5.41, 5.74) is 1.13. The van der Waals surface area contributed by atoms with Gasteiger partial charge in [-0.2, -0.15) is 0 Å². The maximum Gasteiger partial charge on any atom is 0.000769 e. The Morgan fingerprint density at radius 2 is 1.71 bits per heavy atom. The molecule has 1 N–H and O–H groups in total. The third kappa shape index (κ3) is 4.28. The van der Waals surface area contributed by atoms with Gasteiger partial charge in [-0.05, 0) is 55.4 Å². The van der Waals surface area contributed by atoms with Gasteiger partial charge in [0.2, 0.25) is 0 Å². The highest BCUT2D eigenvalue weighted by Crippen LogP contribution is 2.47. The van der Waals surface area contributed by atoms with Gasteiger partial charge in [-0.15, -0.1) is 0 Å². The third-order valence-corrected chi connectivity index (χ3v) is 4.80. The molecule has 0 aromatic heterocycles. The number of hydrogen-bond acceptors (Lipinski definition) is 1. The van der Waals surface area contributed by atoms with E-state index in [1.165, 1.54) is 45.1 Å². The fourth-order valence-electron chi connectivity index (χ4n) is 3.53. The van der Waals surface area contributed by atoms with Crippen molar-refractivity contribution in [3.05, 3.63) is 0 Å². The summed E-state index contributed by atoms with van der Waals surface area (Å²) < 4.78 is 0. The van der Waals surface area contributed by atoms with Gasteiger partial charge in [-0.25, -0.2) is 0 Å². The van der Waals surface area contributed by atoms with Gasteiger partial charge in [0.15, 0.2) is 0 Å². The summed E-state index contributed by atoms with van der Waals surface area (Å²) in [7, 11) is 0. The highest BCUT2D eigenvalue weighted by atomic mass is 14.9. The lowest BCUT2D eigenvalue weighted by molar-refractivity contribution is 0.0795. The largest absolute Gasteiger partial charge is 0.316 e. The summed E-state index contributed by atoms with van der Waals surface area (Å²) in [6.45, 7) is 14.2. The van der Waals surface area contributed by atoms with E-state index in [-0.39, 0.29) is 0 Å². The summed E-state index contributed by atoms with van der Waals surface area (Å²) in [5.74, 6) is 0.939. The first-order chi connectivity index (χ1) is 7.93. The van der Waals surface area contributed by atoms with Crippen LogP contribution in [-0.2, 0) is 0 Å². The summed E-state index contributed by atoms with van der Waals surface area (Å²) in [5, 5.41) is 3.60. The van der Waals surface area contributed by atoms with Crippen molar-refractivity contribution in [2.24, 2.45) is 16.7 Å². The maximum atomic E-state index is 3.60. The first kappa shape index (κ1) is 15.0. The van der Waals surface area contributed by atoms with E-state index in [2.05, 4.69) is 39.9 Å². The van der Waals surface area contributed by atoms with Crippen molar-refractivity contribution in [3.8, 4) is 0 Å². The standard InChI is InChI=1S/C16H33N/c1-6-10-16(13-17-7-2)11-8-14(9-12-16)15(3,4)5/h14,17H,6-13H2,1-5H3. The first-order valence-electron chi connectivity index (χ1n) is 7.64. The molecular formula is C16H33N. The molecule has 0 spiro atoms. The fourth-order valence-corrected chi connectivity index (χ4v) is 3.53. The fraction of sp³-hybridized carbons (Fsp3) is 1.00. The number of hydrogen-bond donors (Lipinski definition) is 1. The molecule has 17 heavy (non-hydrogen) atoms. The van der Waals surface area contributed by atoms with Crippen LogP contribution in [0.3, 0.4) is 0 Å². The lowest BCUT2D eigenvalue weighted by Gasteiger charge is -2.44. The topological polar surface area (TPSA) is 12.0 Å². The monoisotopic (exact) mass is 239 g/mol. The van der Waals surface area contributed by atoms with Crippen LogP contribution in [0.15, 0.2) is 0 Å². The average Bonchev–Trinajstić information content (AvgIpc) is 2.26. The molecule has 0 atom stereocenters. The molecule has 0 heterocycles. The van der Waals surface area contributed by atoms with Gasteiger partial charge >= 0.3 is 0 Å². The zero-order valence-corrected chi connectivity index (χ0v) is 12.7. The van der Waals surface area contributed by atoms with Crippen molar-refractivity contribution < 1.29 is 0 Å². The molecule has 1 aliphatic carbocycles. The lowest BCUT2D eigenvalue weighted by atomic mass is 9.62. The molecule has 0 radical (unpaired) electrons. The van der Waals surface area contributed by atoms with Crippen molar-refractivity contribution in [2.75, 3.05) is 13.1 Å².